The number of hydrogen-bond acceptors (Lipinski definition) is 4. The molecule has 0 spiro atoms. The summed E-state index contributed by atoms with van der Waals surface area (Å²) in [6.07, 6.45) is 6.63. The van der Waals surface area contributed by atoms with Gasteiger partial charge in [-0.05, 0) is 38.6 Å². The number of likely N-dealkylation sites (tertiary alicyclic amines) is 1. The molecule has 1 saturated heterocycles. The average molecular weight is 241 g/mol. The summed E-state index contributed by atoms with van der Waals surface area (Å²) in [7, 11) is 0. The predicted octanol–water partition coefficient (Wildman–Crippen LogP) is 1.20. The highest BCUT2D eigenvalue weighted by molar-refractivity contribution is 5.81. The number of rotatable bonds is 6. The maximum Gasteiger partial charge on any atom is 0.330 e. The zero-order valence-electron chi connectivity index (χ0n) is 10.6. The zero-order valence-corrected chi connectivity index (χ0v) is 10.6. The first-order valence-electron chi connectivity index (χ1n) is 6.42. The molecule has 1 atom stereocenters. The first-order chi connectivity index (χ1) is 8.26. The minimum Gasteiger partial charge on any atom is -0.463 e. The van der Waals surface area contributed by atoms with Crippen LogP contribution in [0.2, 0.25) is 0 Å². The van der Waals surface area contributed by atoms with E-state index in [1.807, 2.05) is 6.08 Å². The molecular weight excluding hydrogens is 218 g/mol. The quantitative estimate of drug-likeness (QED) is 0.561. The first-order valence-corrected chi connectivity index (χ1v) is 6.42. The van der Waals surface area contributed by atoms with Gasteiger partial charge in [0.05, 0.1) is 6.61 Å². The predicted molar refractivity (Wildman–Crippen MR) is 66.6 cm³/mol. The van der Waals surface area contributed by atoms with E-state index < -0.39 is 0 Å². The van der Waals surface area contributed by atoms with Crippen LogP contribution in [0, 0.1) is 5.92 Å². The lowest BCUT2D eigenvalue weighted by atomic mass is 9.95. The van der Waals surface area contributed by atoms with Gasteiger partial charge in [-0.1, -0.05) is 6.08 Å². The van der Waals surface area contributed by atoms with E-state index in [4.69, 9.17) is 9.84 Å². The van der Waals surface area contributed by atoms with Gasteiger partial charge in [0.15, 0.2) is 0 Å². The van der Waals surface area contributed by atoms with Gasteiger partial charge in [0.25, 0.3) is 0 Å². The fourth-order valence-electron chi connectivity index (χ4n) is 2.22. The Bertz CT molecular complexity index is 251. The molecule has 98 valence electrons. The van der Waals surface area contributed by atoms with Gasteiger partial charge < -0.3 is 9.84 Å². The van der Waals surface area contributed by atoms with Crippen molar-refractivity contribution in [2.75, 3.05) is 32.8 Å². The molecule has 1 aliphatic heterocycles. The summed E-state index contributed by atoms with van der Waals surface area (Å²) in [5.41, 5.74) is 0. The highest BCUT2D eigenvalue weighted by Gasteiger charge is 2.18. The van der Waals surface area contributed by atoms with Crippen LogP contribution in [0.5, 0.6) is 0 Å². The van der Waals surface area contributed by atoms with E-state index in [-0.39, 0.29) is 12.6 Å². The molecule has 1 fully saturated rings. The van der Waals surface area contributed by atoms with Crippen molar-refractivity contribution in [2.45, 2.75) is 26.2 Å². The van der Waals surface area contributed by atoms with E-state index in [0.717, 1.165) is 26.1 Å². The largest absolute Gasteiger partial charge is 0.463 e. The Labute approximate surface area is 103 Å². The summed E-state index contributed by atoms with van der Waals surface area (Å²) in [6.45, 7) is 5.39. The summed E-state index contributed by atoms with van der Waals surface area (Å²) in [6, 6.07) is 0. The number of ether oxygens (including phenoxy) is 1. The lowest BCUT2D eigenvalue weighted by Crippen LogP contribution is -2.35. The Morgan fingerprint density at radius 3 is 3.12 bits per heavy atom. The average Bonchev–Trinajstić information content (AvgIpc) is 2.30. The van der Waals surface area contributed by atoms with Crippen LogP contribution in [-0.2, 0) is 9.53 Å². The molecule has 0 aromatic rings. The summed E-state index contributed by atoms with van der Waals surface area (Å²) in [5.74, 6) is 0.334. The van der Waals surface area contributed by atoms with E-state index in [2.05, 4.69) is 4.90 Å². The number of esters is 1. The van der Waals surface area contributed by atoms with Crippen LogP contribution in [0.25, 0.3) is 0 Å². The number of carbonyl (C=O) groups excluding carboxylic acids is 1. The lowest BCUT2D eigenvalue weighted by Gasteiger charge is -2.31. The van der Waals surface area contributed by atoms with Crippen molar-refractivity contribution in [3.63, 3.8) is 0 Å². The topological polar surface area (TPSA) is 49.8 Å². The molecule has 4 nitrogen and oxygen atoms in total. The molecule has 0 radical (unpaired) electrons. The number of hydrogen-bond donors (Lipinski definition) is 1. The SMILES string of the molecule is CCOC(=O)/C=C/CN1CCCC(CCO)C1. The van der Waals surface area contributed by atoms with Gasteiger partial charge >= 0.3 is 5.97 Å². The third-order valence-electron chi connectivity index (χ3n) is 3.04. The molecule has 0 bridgehead atoms. The number of nitrogens with zero attached hydrogens (tertiary/aromatic N) is 1. The Morgan fingerprint density at radius 2 is 2.41 bits per heavy atom. The van der Waals surface area contributed by atoms with Gasteiger partial charge in [0.1, 0.15) is 0 Å². The van der Waals surface area contributed by atoms with Crippen LogP contribution < -0.4 is 0 Å². The van der Waals surface area contributed by atoms with Crippen molar-refractivity contribution in [1.82, 2.24) is 4.90 Å². The van der Waals surface area contributed by atoms with Crippen molar-refractivity contribution in [3.8, 4) is 0 Å². The molecular formula is C13H23NO3. The summed E-state index contributed by atoms with van der Waals surface area (Å²) < 4.78 is 4.81. The normalized spacial score (nSPS) is 21.9. The highest BCUT2D eigenvalue weighted by atomic mass is 16.5. The molecule has 17 heavy (non-hydrogen) atoms. The maximum absolute atomic E-state index is 11.1. The summed E-state index contributed by atoms with van der Waals surface area (Å²) in [5, 5.41) is 8.92. The third-order valence-corrected chi connectivity index (χ3v) is 3.04. The van der Waals surface area contributed by atoms with Gasteiger partial charge in [0.2, 0.25) is 0 Å². The number of aliphatic hydroxyl groups is 1. The molecule has 1 aliphatic rings. The molecule has 4 heteroatoms. The van der Waals surface area contributed by atoms with Crippen LogP contribution in [0.15, 0.2) is 12.2 Å². The second-order valence-corrected chi connectivity index (χ2v) is 4.43. The van der Waals surface area contributed by atoms with E-state index in [1.54, 1.807) is 6.92 Å². The summed E-state index contributed by atoms with van der Waals surface area (Å²) in [4.78, 5) is 13.4. The van der Waals surface area contributed by atoms with Crippen molar-refractivity contribution in [2.24, 2.45) is 5.92 Å². The molecule has 0 amide bonds. The molecule has 1 rings (SSSR count). The molecule has 0 aromatic heterocycles. The maximum atomic E-state index is 11.1. The van der Waals surface area contributed by atoms with Crippen molar-refractivity contribution in [3.05, 3.63) is 12.2 Å². The minimum atomic E-state index is -0.267. The standard InChI is InChI=1S/C13H23NO3/c1-2-17-13(16)6-4-9-14-8-3-5-12(11-14)7-10-15/h4,6,12,15H,2-3,5,7-11H2,1H3/b6-4+. The van der Waals surface area contributed by atoms with Crippen LogP contribution >= 0.6 is 0 Å². The Balaban J connectivity index is 2.24. The van der Waals surface area contributed by atoms with Gasteiger partial charge in [-0.15, -0.1) is 0 Å². The number of piperidine rings is 1. The third kappa shape index (κ3) is 5.84. The first kappa shape index (κ1) is 14.2. The van der Waals surface area contributed by atoms with Crippen molar-refractivity contribution in [1.29, 1.82) is 0 Å². The smallest absolute Gasteiger partial charge is 0.330 e. The van der Waals surface area contributed by atoms with Crippen LogP contribution in [0.4, 0.5) is 0 Å². The fraction of sp³-hybridized carbons (Fsp3) is 0.769. The van der Waals surface area contributed by atoms with Crippen LogP contribution in [0.3, 0.4) is 0 Å². The minimum absolute atomic E-state index is 0.267. The molecule has 0 aromatic carbocycles. The monoisotopic (exact) mass is 241 g/mol. The second kappa shape index (κ2) is 8.25. The molecule has 1 heterocycles. The van der Waals surface area contributed by atoms with Gasteiger partial charge in [-0.3, -0.25) is 4.90 Å². The van der Waals surface area contributed by atoms with Crippen molar-refractivity contribution >= 4 is 5.97 Å². The van der Waals surface area contributed by atoms with Crippen LogP contribution in [-0.4, -0.2) is 48.8 Å². The van der Waals surface area contributed by atoms with Crippen LogP contribution in [0.1, 0.15) is 26.2 Å². The number of aliphatic hydroxyl groups excluding tert-OH is 1. The second-order valence-electron chi connectivity index (χ2n) is 4.43. The summed E-state index contributed by atoms with van der Waals surface area (Å²) >= 11 is 0. The highest BCUT2D eigenvalue weighted by Crippen LogP contribution is 2.18. The number of carbonyl (C=O) groups is 1. The Kier molecular flexibility index (Phi) is 6.89. The fourth-order valence-corrected chi connectivity index (χ4v) is 2.22. The van der Waals surface area contributed by atoms with Crippen molar-refractivity contribution < 1.29 is 14.6 Å². The lowest BCUT2D eigenvalue weighted by molar-refractivity contribution is -0.137. The van der Waals surface area contributed by atoms with Gasteiger partial charge in [-0.2, -0.15) is 0 Å². The zero-order chi connectivity index (χ0) is 12.5. The molecule has 0 saturated carbocycles. The molecule has 1 unspecified atom stereocenters. The molecule has 0 aliphatic carbocycles. The van der Waals surface area contributed by atoms with E-state index in [0.29, 0.717) is 12.5 Å². The Hall–Kier alpha value is -0.870. The van der Waals surface area contributed by atoms with E-state index in [9.17, 15) is 4.79 Å². The van der Waals surface area contributed by atoms with E-state index >= 15 is 0 Å². The van der Waals surface area contributed by atoms with Gasteiger partial charge in [-0.25, -0.2) is 4.79 Å². The van der Waals surface area contributed by atoms with Gasteiger partial charge in [0, 0.05) is 25.8 Å². The Morgan fingerprint density at radius 1 is 1.59 bits per heavy atom. The molecule has 1 N–H and O–H groups in total. The van der Waals surface area contributed by atoms with E-state index in [1.165, 1.54) is 18.9 Å².